The number of aliphatic hydroxyl groups excluding tert-OH is 1. The van der Waals surface area contributed by atoms with Gasteiger partial charge in [0.1, 0.15) is 24.1 Å². The second kappa shape index (κ2) is 18.2. The molecule has 0 spiro atoms. The minimum atomic E-state index is -5.84. The normalized spacial score (nSPS) is 20.8. The molecule has 0 radical (unpaired) electrons. The minimum Gasteiger partial charge on any atom is -0.453 e. The van der Waals surface area contributed by atoms with E-state index in [1.54, 1.807) is 30.3 Å². The molecule has 0 amide bonds. The van der Waals surface area contributed by atoms with Gasteiger partial charge in [0.25, 0.3) is 0 Å². The highest BCUT2D eigenvalue weighted by molar-refractivity contribution is 7.66. The maximum absolute atomic E-state index is 13.2. The number of nitrogens with two attached hydrogens (primary N) is 1. The Morgan fingerprint density at radius 2 is 1.44 bits per heavy atom. The van der Waals surface area contributed by atoms with Crippen LogP contribution in [0.2, 0.25) is 0 Å². The second-order valence-electron chi connectivity index (χ2n) is 11.3. The van der Waals surface area contributed by atoms with Gasteiger partial charge in [-0.15, -0.1) is 0 Å². The quantitative estimate of drug-likeness (QED) is 0.0571. The molecular weight excluding hydrogens is 777 g/mol. The number of anilines is 1. The Labute approximate surface area is 308 Å². The molecule has 2 aromatic carbocycles. The van der Waals surface area contributed by atoms with E-state index in [0.29, 0.717) is 5.56 Å². The highest BCUT2D eigenvalue weighted by Crippen LogP contribution is 2.66. The molecule has 24 heteroatoms. The third-order valence-electron chi connectivity index (χ3n) is 7.79. The summed E-state index contributed by atoms with van der Waals surface area (Å²) in [5.74, 6) is -1.35. The lowest BCUT2D eigenvalue weighted by atomic mass is 10.0. The average molecular weight is 817 g/mol. The number of ether oxygens (including phenoxy) is 2. The molecule has 3 heterocycles. The number of aliphatic hydroxyl groups is 1. The molecule has 2 aromatic heterocycles. The number of hydrogen-bond acceptors (Lipinski definition) is 16. The highest BCUT2D eigenvalue weighted by Gasteiger charge is 2.49. The van der Waals surface area contributed by atoms with Crippen LogP contribution >= 0.6 is 23.5 Å². The van der Waals surface area contributed by atoms with Crippen LogP contribution in [0.4, 0.5) is 5.82 Å². The minimum absolute atomic E-state index is 0.0115. The average Bonchev–Trinajstić information content (AvgIpc) is 3.68. The van der Waals surface area contributed by atoms with Gasteiger partial charge in [0.2, 0.25) is 0 Å². The van der Waals surface area contributed by atoms with Gasteiger partial charge in [-0.2, -0.15) is 8.62 Å². The summed E-state index contributed by atoms with van der Waals surface area (Å²) >= 11 is 0. The van der Waals surface area contributed by atoms with E-state index >= 15 is 0 Å². The van der Waals surface area contributed by atoms with Crippen LogP contribution < -0.4 is 5.73 Å². The Morgan fingerprint density at radius 3 is 2.02 bits per heavy atom. The van der Waals surface area contributed by atoms with Crippen LogP contribution in [0.25, 0.3) is 11.2 Å². The van der Waals surface area contributed by atoms with Crippen molar-refractivity contribution in [1.29, 1.82) is 0 Å². The van der Waals surface area contributed by atoms with Crippen molar-refractivity contribution in [3.8, 4) is 0 Å². The number of fused-ring (bicyclic) bond motifs is 1. The zero-order valence-electron chi connectivity index (χ0n) is 29.0. The lowest BCUT2D eigenvalue weighted by Crippen LogP contribution is -2.38. The molecule has 1 saturated heterocycles. The lowest BCUT2D eigenvalue weighted by Gasteiger charge is -2.22. The number of esters is 1. The molecule has 4 aromatic rings. The number of nitrogens with zero attached hydrogens (tertiary/aromatic N) is 5. The maximum atomic E-state index is 13.2. The van der Waals surface area contributed by atoms with Crippen molar-refractivity contribution < 1.29 is 70.6 Å². The number of nitrogen functional groups attached to an aromatic ring is 1. The summed E-state index contributed by atoms with van der Waals surface area (Å²) in [5.41, 5.74) is 6.64. The van der Waals surface area contributed by atoms with Gasteiger partial charge >= 0.3 is 29.4 Å². The molecule has 0 bridgehead atoms. The number of carbonyl (C=O) groups excluding carboxylic acids is 2. The zero-order chi connectivity index (χ0) is 39.8. The van der Waals surface area contributed by atoms with Gasteiger partial charge in [0.15, 0.2) is 29.6 Å². The fourth-order valence-electron chi connectivity index (χ4n) is 5.13. The largest absolute Gasteiger partial charge is 0.490 e. The van der Waals surface area contributed by atoms with E-state index in [1.165, 1.54) is 54.8 Å². The number of phosphoric acid groups is 3. The van der Waals surface area contributed by atoms with Crippen LogP contribution in [-0.4, -0.2) is 105 Å². The van der Waals surface area contributed by atoms with Crippen molar-refractivity contribution in [2.45, 2.75) is 45.3 Å². The summed E-state index contributed by atoms with van der Waals surface area (Å²) in [6.07, 6.45) is -4.15. The summed E-state index contributed by atoms with van der Waals surface area (Å²) in [7, 11) is -17.1. The molecule has 4 unspecified atom stereocenters. The molecule has 54 heavy (non-hydrogen) atoms. The first-order chi connectivity index (χ1) is 25.4. The van der Waals surface area contributed by atoms with E-state index in [1.807, 2.05) is 0 Å². The SMILES string of the molecule is CCN(CC)CC.Nc1ncnc2c1ncn2[C@@H]1O[C@H](COP(=O)(O)OP(=O)(O)OP(=O)(O)O)C(OC(=O)c2ccc(C(=O)c3ccccc3)cc2)C1O. The second-order valence-corrected chi connectivity index (χ2v) is 15.7. The van der Waals surface area contributed by atoms with Crippen molar-refractivity contribution in [1.82, 2.24) is 24.4 Å². The first kappa shape index (κ1) is 43.0. The van der Waals surface area contributed by atoms with Crippen molar-refractivity contribution >= 4 is 52.2 Å². The molecule has 0 aliphatic carbocycles. The van der Waals surface area contributed by atoms with E-state index in [-0.39, 0.29) is 33.9 Å². The molecule has 5 rings (SSSR count). The van der Waals surface area contributed by atoms with Crippen LogP contribution in [-0.2, 0) is 36.3 Å². The van der Waals surface area contributed by atoms with Crippen molar-refractivity contribution in [2.24, 2.45) is 0 Å². The Morgan fingerprint density at radius 1 is 0.852 bits per heavy atom. The molecule has 1 aliphatic heterocycles. The number of imidazole rings is 1. The number of hydrogen-bond donors (Lipinski definition) is 6. The van der Waals surface area contributed by atoms with Gasteiger partial charge in [-0.1, -0.05) is 63.2 Å². The van der Waals surface area contributed by atoms with Crippen LogP contribution in [0.3, 0.4) is 0 Å². The van der Waals surface area contributed by atoms with Gasteiger partial charge in [-0.25, -0.2) is 33.4 Å². The van der Waals surface area contributed by atoms with Crippen molar-refractivity contribution in [2.75, 3.05) is 32.0 Å². The maximum Gasteiger partial charge on any atom is 0.490 e. The van der Waals surface area contributed by atoms with Gasteiger partial charge in [0, 0.05) is 11.1 Å². The van der Waals surface area contributed by atoms with Crippen molar-refractivity contribution in [3.63, 3.8) is 0 Å². The van der Waals surface area contributed by atoms with Crippen LogP contribution in [0, 0.1) is 0 Å². The number of aromatic nitrogens is 4. The fraction of sp³-hybridized carbons (Fsp3) is 0.367. The van der Waals surface area contributed by atoms with E-state index in [2.05, 4.69) is 53.8 Å². The summed E-state index contributed by atoms with van der Waals surface area (Å²) in [5, 5.41) is 11.2. The molecule has 1 fully saturated rings. The van der Waals surface area contributed by atoms with Crippen LogP contribution in [0.15, 0.2) is 67.3 Å². The fourth-order valence-corrected chi connectivity index (χ4v) is 8.16. The number of phosphoric ester groups is 1. The predicted molar refractivity (Wildman–Crippen MR) is 188 cm³/mol. The van der Waals surface area contributed by atoms with E-state index in [4.69, 9.17) is 25.0 Å². The monoisotopic (exact) mass is 816 g/mol. The van der Waals surface area contributed by atoms with Crippen molar-refractivity contribution in [3.05, 3.63) is 83.9 Å². The summed E-state index contributed by atoms with van der Waals surface area (Å²) in [6, 6.07) is 13.7. The molecule has 294 valence electrons. The molecule has 1 aliphatic rings. The number of rotatable bonds is 15. The predicted octanol–water partition coefficient (Wildman–Crippen LogP) is 2.81. The van der Waals surface area contributed by atoms with Gasteiger partial charge in [0.05, 0.1) is 18.5 Å². The topological polar surface area (TPSA) is 306 Å². The third kappa shape index (κ3) is 11.4. The number of carbonyl (C=O) groups is 2. The molecule has 0 saturated carbocycles. The Kier molecular flexibility index (Phi) is 14.5. The Bertz CT molecular complexity index is 2040. The van der Waals surface area contributed by atoms with Gasteiger partial charge in [-0.3, -0.25) is 13.9 Å². The highest BCUT2D eigenvalue weighted by atomic mass is 31.3. The van der Waals surface area contributed by atoms with Crippen LogP contribution in [0.5, 0.6) is 0 Å². The Hall–Kier alpha value is -3.78. The summed E-state index contributed by atoms with van der Waals surface area (Å²) < 4.78 is 59.5. The molecular formula is C30H39N6O15P3. The van der Waals surface area contributed by atoms with E-state index in [9.17, 15) is 38.2 Å². The number of benzene rings is 2. The number of ketones is 1. The first-order valence-electron chi connectivity index (χ1n) is 16.1. The molecule has 6 atom stereocenters. The smallest absolute Gasteiger partial charge is 0.453 e. The molecule has 21 nitrogen and oxygen atoms in total. The summed E-state index contributed by atoms with van der Waals surface area (Å²) in [6.45, 7) is 9.06. The molecule has 7 N–H and O–H groups in total. The van der Waals surface area contributed by atoms with Crippen LogP contribution in [0.1, 0.15) is 53.3 Å². The van der Waals surface area contributed by atoms with E-state index in [0.717, 1.165) is 6.33 Å². The summed E-state index contributed by atoms with van der Waals surface area (Å²) in [4.78, 5) is 77.0. The zero-order valence-corrected chi connectivity index (χ0v) is 31.6. The van der Waals surface area contributed by atoms with Gasteiger partial charge < -0.3 is 44.8 Å². The van der Waals surface area contributed by atoms with Gasteiger partial charge in [-0.05, 0) is 31.8 Å². The first-order valence-corrected chi connectivity index (χ1v) is 20.6. The Balaban J connectivity index is 0.000000845. The third-order valence-corrected chi connectivity index (χ3v) is 11.6. The van der Waals surface area contributed by atoms with E-state index < -0.39 is 60.6 Å². The lowest BCUT2D eigenvalue weighted by molar-refractivity contribution is -0.0520. The standard InChI is InChI=1S/C24H24N5O15P3.C6H15N/c25-21-17-22(27-11-26-21)29(12-28-17)23-19(31)20(16(41-23)10-40-46(36,37)44-47(38,39)43-45(33,34)35)42-24(32)15-8-6-14(7-9-15)18(30)13-4-2-1-3-5-13;1-4-7(5-2)6-3/h1-9,11-12,16,19-20,23,31H,10H2,(H,36,37)(H,38,39)(H2,25,26,27)(H2,33,34,35);4-6H2,1-3H3/t16-,19?,20?,23-;/m1./s1.